The molecule has 0 unspecified atom stereocenters. The van der Waals surface area contributed by atoms with Gasteiger partial charge < -0.3 is 28.7 Å². The normalized spacial score (nSPS) is 13.7. The van der Waals surface area contributed by atoms with E-state index >= 15 is 0 Å². The maximum atomic E-state index is 13.3. The van der Waals surface area contributed by atoms with Crippen molar-refractivity contribution in [3.8, 4) is 23.0 Å². The molecule has 1 saturated heterocycles. The Kier molecular flexibility index (Phi) is 7.87. The van der Waals surface area contributed by atoms with E-state index in [0.717, 1.165) is 24.5 Å². The molecule has 1 heterocycles. The SMILES string of the molecule is CCOc1cc(C(=O)N2CCN(c3cccc(OC)c3)CC2)cc(OCC)c1OCC. The van der Waals surface area contributed by atoms with Crippen LogP contribution < -0.4 is 23.8 Å². The van der Waals surface area contributed by atoms with Gasteiger partial charge in [-0.3, -0.25) is 4.79 Å². The first-order valence-corrected chi connectivity index (χ1v) is 10.9. The van der Waals surface area contributed by atoms with E-state index in [0.29, 0.717) is 55.7 Å². The Morgan fingerprint density at radius 1 is 0.871 bits per heavy atom. The van der Waals surface area contributed by atoms with E-state index in [1.807, 2.05) is 43.9 Å². The van der Waals surface area contributed by atoms with Crippen LogP contribution in [-0.2, 0) is 0 Å². The minimum absolute atomic E-state index is 0.0322. The number of anilines is 1. The highest BCUT2D eigenvalue weighted by Gasteiger charge is 2.25. The van der Waals surface area contributed by atoms with Gasteiger partial charge in [-0.25, -0.2) is 0 Å². The van der Waals surface area contributed by atoms with Gasteiger partial charge in [-0.05, 0) is 45.0 Å². The van der Waals surface area contributed by atoms with Crippen LogP contribution in [0.25, 0.3) is 0 Å². The molecule has 0 aromatic heterocycles. The van der Waals surface area contributed by atoms with E-state index in [1.165, 1.54) is 0 Å². The van der Waals surface area contributed by atoms with Gasteiger partial charge in [0.2, 0.25) is 5.75 Å². The smallest absolute Gasteiger partial charge is 0.254 e. The maximum Gasteiger partial charge on any atom is 0.254 e. The summed E-state index contributed by atoms with van der Waals surface area (Å²) in [5, 5.41) is 0. The second-order valence-electron chi connectivity index (χ2n) is 7.08. The number of rotatable bonds is 9. The molecule has 1 aliphatic heterocycles. The van der Waals surface area contributed by atoms with Crippen LogP contribution in [0, 0.1) is 0 Å². The average Bonchev–Trinajstić information content (AvgIpc) is 2.81. The van der Waals surface area contributed by atoms with Crippen LogP contribution in [0.5, 0.6) is 23.0 Å². The molecule has 1 fully saturated rings. The second kappa shape index (κ2) is 10.8. The third-order valence-electron chi connectivity index (χ3n) is 5.14. The molecule has 7 heteroatoms. The molecule has 2 aromatic rings. The minimum Gasteiger partial charge on any atom is -0.497 e. The van der Waals surface area contributed by atoms with Crippen LogP contribution >= 0.6 is 0 Å². The lowest BCUT2D eigenvalue weighted by molar-refractivity contribution is 0.0745. The van der Waals surface area contributed by atoms with Crippen molar-refractivity contribution in [2.24, 2.45) is 0 Å². The van der Waals surface area contributed by atoms with Crippen LogP contribution in [0.4, 0.5) is 5.69 Å². The van der Waals surface area contributed by atoms with Crippen molar-refractivity contribution >= 4 is 11.6 Å². The number of nitrogens with zero attached hydrogens (tertiary/aromatic N) is 2. The molecule has 0 bridgehead atoms. The number of benzene rings is 2. The Balaban J connectivity index is 1.76. The van der Waals surface area contributed by atoms with Crippen molar-refractivity contribution in [2.45, 2.75) is 20.8 Å². The summed E-state index contributed by atoms with van der Waals surface area (Å²) >= 11 is 0. The van der Waals surface area contributed by atoms with Crippen molar-refractivity contribution in [3.05, 3.63) is 42.0 Å². The van der Waals surface area contributed by atoms with Crippen LogP contribution in [0.3, 0.4) is 0 Å². The summed E-state index contributed by atoms with van der Waals surface area (Å²) in [6.07, 6.45) is 0. The topological polar surface area (TPSA) is 60.5 Å². The molecular weight excluding hydrogens is 396 g/mol. The van der Waals surface area contributed by atoms with Gasteiger partial charge in [-0.2, -0.15) is 0 Å². The number of hydrogen-bond donors (Lipinski definition) is 0. The first kappa shape index (κ1) is 22.6. The van der Waals surface area contributed by atoms with Crippen molar-refractivity contribution < 1.29 is 23.7 Å². The lowest BCUT2D eigenvalue weighted by Gasteiger charge is -2.36. The van der Waals surface area contributed by atoms with Gasteiger partial charge in [0.1, 0.15) is 5.75 Å². The zero-order valence-corrected chi connectivity index (χ0v) is 18.8. The molecule has 1 amide bonds. The summed E-state index contributed by atoms with van der Waals surface area (Å²) in [6, 6.07) is 11.5. The number of carbonyl (C=O) groups is 1. The van der Waals surface area contributed by atoms with E-state index < -0.39 is 0 Å². The molecule has 7 nitrogen and oxygen atoms in total. The van der Waals surface area contributed by atoms with Gasteiger partial charge in [-0.1, -0.05) is 6.07 Å². The summed E-state index contributed by atoms with van der Waals surface area (Å²) in [4.78, 5) is 17.4. The predicted molar refractivity (Wildman–Crippen MR) is 121 cm³/mol. The predicted octanol–water partition coefficient (Wildman–Crippen LogP) is 3.85. The van der Waals surface area contributed by atoms with Gasteiger partial charge in [0.05, 0.1) is 26.9 Å². The number of amides is 1. The summed E-state index contributed by atoms with van der Waals surface area (Å²) < 4.78 is 22.6. The van der Waals surface area contributed by atoms with E-state index in [1.54, 1.807) is 19.2 Å². The molecule has 0 aliphatic carbocycles. The van der Waals surface area contributed by atoms with Crippen molar-refractivity contribution in [2.75, 3.05) is 58.0 Å². The molecule has 0 atom stereocenters. The summed E-state index contributed by atoms with van der Waals surface area (Å²) in [6.45, 7) is 9.94. The van der Waals surface area contributed by atoms with E-state index in [2.05, 4.69) is 11.0 Å². The Bertz CT molecular complexity index is 851. The van der Waals surface area contributed by atoms with Gasteiger partial charge in [0.25, 0.3) is 5.91 Å². The minimum atomic E-state index is -0.0322. The molecule has 0 spiro atoms. The molecule has 3 rings (SSSR count). The van der Waals surface area contributed by atoms with E-state index in [4.69, 9.17) is 18.9 Å². The number of hydrogen-bond acceptors (Lipinski definition) is 6. The Hall–Kier alpha value is -3.09. The highest BCUT2D eigenvalue weighted by molar-refractivity contribution is 5.96. The number of piperazine rings is 1. The number of methoxy groups -OCH3 is 1. The molecule has 1 aliphatic rings. The first-order chi connectivity index (χ1) is 15.1. The Morgan fingerprint density at radius 3 is 2.03 bits per heavy atom. The number of ether oxygens (including phenoxy) is 4. The fourth-order valence-electron chi connectivity index (χ4n) is 3.67. The summed E-state index contributed by atoms with van der Waals surface area (Å²) in [5.41, 5.74) is 1.65. The molecule has 2 aromatic carbocycles. The van der Waals surface area contributed by atoms with Gasteiger partial charge in [0, 0.05) is 43.5 Å². The lowest BCUT2D eigenvalue weighted by atomic mass is 10.1. The molecule has 168 valence electrons. The quantitative estimate of drug-likeness (QED) is 0.605. The van der Waals surface area contributed by atoms with E-state index in [9.17, 15) is 4.79 Å². The maximum absolute atomic E-state index is 13.3. The molecule has 0 radical (unpaired) electrons. The van der Waals surface area contributed by atoms with Gasteiger partial charge in [0.15, 0.2) is 11.5 Å². The second-order valence-corrected chi connectivity index (χ2v) is 7.08. The molecule has 31 heavy (non-hydrogen) atoms. The van der Waals surface area contributed by atoms with Gasteiger partial charge >= 0.3 is 0 Å². The van der Waals surface area contributed by atoms with Crippen LogP contribution in [0.2, 0.25) is 0 Å². The Morgan fingerprint density at radius 2 is 1.48 bits per heavy atom. The van der Waals surface area contributed by atoms with Gasteiger partial charge in [-0.15, -0.1) is 0 Å². The fraction of sp³-hybridized carbons (Fsp3) is 0.458. The monoisotopic (exact) mass is 428 g/mol. The van der Waals surface area contributed by atoms with Crippen LogP contribution in [-0.4, -0.2) is 63.9 Å². The largest absolute Gasteiger partial charge is 0.497 e. The molecule has 0 N–H and O–H groups in total. The highest BCUT2D eigenvalue weighted by Crippen LogP contribution is 2.39. The van der Waals surface area contributed by atoms with E-state index in [-0.39, 0.29) is 5.91 Å². The highest BCUT2D eigenvalue weighted by atomic mass is 16.5. The first-order valence-electron chi connectivity index (χ1n) is 10.9. The standard InChI is InChI=1S/C24H32N2O5/c1-5-29-21-15-18(16-22(30-6-2)23(21)31-7-3)24(27)26-13-11-25(12-14-26)19-9-8-10-20(17-19)28-4/h8-10,15-17H,5-7,11-14H2,1-4H3. The van der Waals surface area contributed by atoms with Crippen LogP contribution in [0.15, 0.2) is 36.4 Å². The molecule has 0 saturated carbocycles. The fourth-order valence-corrected chi connectivity index (χ4v) is 3.67. The van der Waals surface area contributed by atoms with Crippen molar-refractivity contribution in [1.29, 1.82) is 0 Å². The van der Waals surface area contributed by atoms with Crippen molar-refractivity contribution in [3.63, 3.8) is 0 Å². The van der Waals surface area contributed by atoms with Crippen LogP contribution in [0.1, 0.15) is 31.1 Å². The van der Waals surface area contributed by atoms with Crippen molar-refractivity contribution in [1.82, 2.24) is 4.90 Å². The third kappa shape index (κ3) is 5.34. The third-order valence-corrected chi connectivity index (χ3v) is 5.14. The molecular formula is C24H32N2O5. The zero-order chi connectivity index (χ0) is 22.2. The zero-order valence-electron chi connectivity index (χ0n) is 18.8. The summed E-state index contributed by atoms with van der Waals surface area (Å²) in [5.74, 6) is 2.42. The Labute approximate surface area is 184 Å². The summed E-state index contributed by atoms with van der Waals surface area (Å²) in [7, 11) is 1.67. The number of carbonyl (C=O) groups excluding carboxylic acids is 1. The average molecular weight is 429 g/mol. The lowest BCUT2D eigenvalue weighted by Crippen LogP contribution is -2.48.